The molecule has 1 saturated carbocycles. The number of carbonyl (C=O) groups excluding carboxylic acids is 1. The standard InChI is InChI=1S/C27H30N4O3/c1-18-12-14-20(15-13-18)16-33-23-11-7-6-10-22(23)25-24(19(2)30-27-28-17-29-31(25)27)26(32)34-21-8-4-3-5-9-21/h6-7,10-15,17,21,25H,3-5,8-9,16H2,1-2H3,(H,28,29,30). The van der Waals surface area contributed by atoms with E-state index in [1.165, 1.54) is 18.3 Å². The van der Waals surface area contributed by atoms with Gasteiger partial charge in [0, 0.05) is 11.3 Å². The van der Waals surface area contributed by atoms with E-state index in [-0.39, 0.29) is 12.1 Å². The molecule has 0 saturated heterocycles. The second-order valence-electron chi connectivity index (χ2n) is 9.07. The van der Waals surface area contributed by atoms with Crippen molar-refractivity contribution in [3.8, 4) is 5.75 Å². The van der Waals surface area contributed by atoms with Crippen molar-refractivity contribution in [3.63, 3.8) is 0 Å². The molecule has 1 aromatic heterocycles. The summed E-state index contributed by atoms with van der Waals surface area (Å²) < 4.78 is 14.0. The Balaban J connectivity index is 1.47. The molecule has 34 heavy (non-hydrogen) atoms. The molecule has 0 radical (unpaired) electrons. The summed E-state index contributed by atoms with van der Waals surface area (Å²) >= 11 is 0. The normalized spacial score (nSPS) is 18.2. The number of rotatable bonds is 6. The molecule has 0 spiro atoms. The third kappa shape index (κ3) is 4.55. The monoisotopic (exact) mass is 458 g/mol. The number of fused-ring (bicyclic) bond motifs is 1. The Morgan fingerprint density at radius 2 is 1.82 bits per heavy atom. The Kier molecular flexibility index (Phi) is 6.34. The highest BCUT2D eigenvalue weighted by atomic mass is 16.5. The smallest absolute Gasteiger partial charge is 0.338 e. The second kappa shape index (κ2) is 9.71. The Morgan fingerprint density at radius 3 is 2.62 bits per heavy atom. The zero-order chi connectivity index (χ0) is 23.5. The number of esters is 1. The van der Waals surface area contributed by atoms with Crippen LogP contribution < -0.4 is 10.1 Å². The van der Waals surface area contributed by atoms with Gasteiger partial charge in [-0.1, -0.05) is 54.4 Å². The molecule has 1 N–H and O–H groups in total. The number of nitrogens with zero attached hydrogens (tertiary/aromatic N) is 3. The molecule has 1 aliphatic carbocycles. The summed E-state index contributed by atoms with van der Waals surface area (Å²) in [7, 11) is 0. The van der Waals surface area contributed by atoms with Crippen molar-refractivity contribution in [2.75, 3.05) is 5.32 Å². The molecule has 2 heterocycles. The Labute approximate surface area is 199 Å². The summed E-state index contributed by atoms with van der Waals surface area (Å²) in [4.78, 5) is 17.8. The number of carbonyl (C=O) groups is 1. The number of allylic oxidation sites excluding steroid dienone is 1. The number of hydrogen-bond acceptors (Lipinski definition) is 6. The van der Waals surface area contributed by atoms with E-state index >= 15 is 0 Å². The van der Waals surface area contributed by atoms with Crippen LogP contribution in [0, 0.1) is 6.92 Å². The molecular weight excluding hydrogens is 428 g/mol. The van der Waals surface area contributed by atoms with Gasteiger partial charge in [-0.05, 0) is 51.2 Å². The first kappa shape index (κ1) is 22.2. The first-order valence-corrected chi connectivity index (χ1v) is 12.0. The van der Waals surface area contributed by atoms with E-state index in [2.05, 4.69) is 46.6 Å². The molecule has 0 bridgehead atoms. The fourth-order valence-corrected chi connectivity index (χ4v) is 4.72. The van der Waals surface area contributed by atoms with Gasteiger partial charge in [-0.15, -0.1) is 0 Å². The summed E-state index contributed by atoms with van der Waals surface area (Å²) in [5.41, 5.74) is 4.39. The average Bonchev–Trinajstić information content (AvgIpc) is 3.32. The van der Waals surface area contributed by atoms with E-state index < -0.39 is 6.04 Å². The molecule has 7 heteroatoms. The maximum atomic E-state index is 13.5. The summed E-state index contributed by atoms with van der Waals surface area (Å²) in [6.45, 7) is 4.38. The van der Waals surface area contributed by atoms with Gasteiger partial charge in [-0.3, -0.25) is 0 Å². The highest BCUT2D eigenvalue weighted by molar-refractivity contribution is 5.92. The zero-order valence-corrected chi connectivity index (χ0v) is 19.7. The first-order chi connectivity index (χ1) is 16.6. The average molecular weight is 459 g/mol. The molecule has 5 rings (SSSR count). The highest BCUT2D eigenvalue weighted by Gasteiger charge is 2.37. The molecule has 0 amide bonds. The lowest BCUT2D eigenvalue weighted by Crippen LogP contribution is -2.32. The molecule has 1 unspecified atom stereocenters. The SMILES string of the molecule is CC1=C(C(=O)OC2CCCCC2)C(c2ccccc2OCc2ccc(C)cc2)n2ncnc2N1. The van der Waals surface area contributed by atoms with Crippen LogP contribution in [-0.4, -0.2) is 26.8 Å². The summed E-state index contributed by atoms with van der Waals surface area (Å²) in [6, 6.07) is 15.6. The van der Waals surface area contributed by atoms with Crippen LogP contribution in [-0.2, 0) is 16.1 Å². The van der Waals surface area contributed by atoms with Crippen molar-refractivity contribution >= 4 is 11.9 Å². The minimum atomic E-state index is -0.496. The van der Waals surface area contributed by atoms with Crippen molar-refractivity contribution < 1.29 is 14.3 Å². The molecule has 3 aromatic rings. The summed E-state index contributed by atoms with van der Waals surface area (Å²) in [5, 5.41) is 7.66. The molecule has 2 aromatic carbocycles. The summed E-state index contributed by atoms with van der Waals surface area (Å²) in [6.07, 6.45) is 6.69. The van der Waals surface area contributed by atoms with E-state index in [0.717, 1.165) is 42.5 Å². The largest absolute Gasteiger partial charge is 0.489 e. The van der Waals surface area contributed by atoms with Crippen molar-refractivity contribution in [1.29, 1.82) is 0 Å². The third-order valence-electron chi connectivity index (χ3n) is 6.57. The maximum absolute atomic E-state index is 13.5. The van der Waals surface area contributed by atoms with Crippen LogP contribution in [0.3, 0.4) is 0 Å². The van der Waals surface area contributed by atoms with Crippen LogP contribution >= 0.6 is 0 Å². The van der Waals surface area contributed by atoms with Gasteiger partial charge in [0.25, 0.3) is 0 Å². The van der Waals surface area contributed by atoms with Crippen LogP contribution in [0.5, 0.6) is 5.75 Å². The van der Waals surface area contributed by atoms with Gasteiger partial charge in [0.1, 0.15) is 30.8 Å². The molecule has 1 atom stereocenters. The topological polar surface area (TPSA) is 78.3 Å². The number of nitrogens with one attached hydrogen (secondary N) is 1. The van der Waals surface area contributed by atoms with Gasteiger partial charge >= 0.3 is 5.97 Å². The first-order valence-electron chi connectivity index (χ1n) is 12.0. The summed E-state index contributed by atoms with van der Waals surface area (Å²) in [5.74, 6) is 0.980. The molecule has 1 aliphatic heterocycles. The quantitative estimate of drug-likeness (QED) is 0.503. The molecule has 1 fully saturated rings. The number of ether oxygens (including phenoxy) is 2. The van der Waals surface area contributed by atoms with Crippen LogP contribution in [0.2, 0.25) is 0 Å². The van der Waals surface area contributed by atoms with Crippen LogP contribution in [0.15, 0.2) is 66.1 Å². The fraction of sp³-hybridized carbons (Fsp3) is 0.370. The van der Waals surface area contributed by atoms with Gasteiger partial charge in [0.05, 0.1) is 5.57 Å². The zero-order valence-electron chi connectivity index (χ0n) is 19.7. The maximum Gasteiger partial charge on any atom is 0.338 e. The van der Waals surface area contributed by atoms with E-state index in [1.54, 1.807) is 4.68 Å². The van der Waals surface area contributed by atoms with Gasteiger partial charge in [-0.25, -0.2) is 9.48 Å². The van der Waals surface area contributed by atoms with E-state index in [9.17, 15) is 4.79 Å². The van der Waals surface area contributed by atoms with Gasteiger partial charge in [0.15, 0.2) is 0 Å². The minimum absolute atomic E-state index is 0.0348. The minimum Gasteiger partial charge on any atom is -0.489 e. The molecule has 7 nitrogen and oxygen atoms in total. The second-order valence-corrected chi connectivity index (χ2v) is 9.07. The van der Waals surface area contributed by atoms with Crippen molar-refractivity contribution in [2.24, 2.45) is 0 Å². The van der Waals surface area contributed by atoms with Crippen molar-refractivity contribution in [3.05, 3.63) is 82.8 Å². The van der Waals surface area contributed by atoms with Crippen molar-refractivity contribution in [2.45, 2.75) is 64.7 Å². The van der Waals surface area contributed by atoms with Gasteiger partial charge in [-0.2, -0.15) is 10.1 Å². The number of benzene rings is 2. The predicted molar refractivity (Wildman–Crippen MR) is 129 cm³/mol. The number of anilines is 1. The predicted octanol–water partition coefficient (Wildman–Crippen LogP) is 5.33. The number of para-hydroxylation sites is 1. The fourth-order valence-electron chi connectivity index (χ4n) is 4.72. The lowest BCUT2D eigenvalue weighted by atomic mass is 9.94. The van der Waals surface area contributed by atoms with Crippen LogP contribution in [0.25, 0.3) is 0 Å². The lowest BCUT2D eigenvalue weighted by Gasteiger charge is -2.31. The molecular formula is C27H30N4O3. The highest BCUT2D eigenvalue weighted by Crippen LogP contribution is 2.39. The van der Waals surface area contributed by atoms with Crippen molar-refractivity contribution in [1.82, 2.24) is 14.8 Å². The van der Waals surface area contributed by atoms with E-state index in [4.69, 9.17) is 9.47 Å². The Hall–Kier alpha value is -3.61. The van der Waals surface area contributed by atoms with E-state index in [0.29, 0.717) is 23.9 Å². The van der Waals surface area contributed by atoms with Crippen LogP contribution in [0.4, 0.5) is 5.95 Å². The molecule has 176 valence electrons. The number of aryl methyl sites for hydroxylation is 1. The van der Waals surface area contributed by atoms with Gasteiger partial charge in [0.2, 0.25) is 5.95 Å². The van der Waals surface area contributed by atoms with Crippen LogP contribution in [0.1, 0.15) is 61.8 Å². The number of aromatic nitrogens is 3. The third-order valence-corrected chi connectivity index (χ3v) is 6.57. The Morgan fingerprint density at radius 1 is 1.06 bits per heavy atom. The van der Waals surface area contributed by atoms with Gasteiger partial charge < -0.3 is 14.8 Å². The number of hydrogen-bond donors (Lipinski definition) is 1. The molecule has 2 aliphatic rings. The Bertz CT molecular complexity index is 1190. The lowest BCUT2D eigenvalue weighted by molar-refractivity contribution is -0.146. The van der Waals surface area contributed by atoms with E-state index in [1.807, 2.05) is 31.2 Å².